The third kappa shape index (κ3) is 3.88. The van der Waals surface area contributed by atoms with Crippen LogP contribution < -0.4 is 0 Å². The second kappa shape index (κ2) is 5.71. The zero-order valence-corrected chi connectivity index (χ0v) is 7.88. The van der Waals surface area contributed by atoms with Crippen LogP contribution in [0.25, 0.3) is 0 Å². The van der Waals surface area contributed by atoms with Crippen LogP contribution in [0.1, 0.15) is 6.42 Å². The van der Waals surface area contributed by atoms with Crippen molar-refractivity contribution < 1.29 is 14.6 Å². The second-order valence-corrected chi connectivity index (χ2v) is 3.89. The minimum absolute atomic E-state index is 0.523. The number of esters is 1. The zero-order chi connectivity index (χ0) is 7.98. The van der Waals surface area contributed by atoms with E-state index < -0.39 is 12.1 Å². The Morgan fingerprint density at radius 1 is 1.80 bits per heavy atom. The fourth-order valence-corrected chi connectivity index (χ4v) is 1.45. The van der Waals surface area contributed by atoms with Gasteiger partial charge in [-0.3, -0.25) is 0 Å². The number of hydrogen-bond acceptors (Lipinski definition) is 3. The fraction of sp³-hybridized carbons (Fsp3) is 0.833. The number of aliphatic hydroxyl groups excluding tert-OH is 1. The molecule has 0 spiro atoms. The minimum atomic E-state index is -0.910. The first kappa shape index (κ1) is 9.95. The number of carbonyl (C=O) groups excluding carboxylic acids is 1. The van der Waals surface area contributed by atoms with E-state index in [0.29, 0.717) is 21.4 Å². The predicted octanol–water partition coefficient (Wildman–Crippen LogP) is 0.0810. The molecule has 4 heteroatoms. The van der Waals surface area contributed by atoms with Crippen molar-refractivity contribution in [1.82, 2.24) is 0 Å². The average molecular weight is 211 g/mol. The Morgan fingerprint density at radius 2 is 2.40 bits per heavy atom. The van der Waals surface area contributed by atoms with Crippen LogP contribution >= 0.6 is 0 Å². The first-order valence-electron chi connectivity index (χ1n) is 2.97. The molecule has 60 valence electrons. The van der Waals surface area contributed by atoms with E-state index in [2.05, 4.69) is 10.6 Å². The zero-order valence-electron chi connectivity index (χ0n) is 6.16. The van der Waals surface area contributed by atoms with E-state index in [1.165, 1.54) is 7.11 Å². The molecule has 0 radical (unpaired) electrons. The summed E-state index contributed by atoms with van der Waals surface area (Å²) in [7, 11) is 1.28. The van der Waals surface area contributed by atoms with Crippen LogP contribution in [0.4, 0.5) is 0 Å². The molecule has 0 rings (SSSR count). The standard InChI is InChI=1S/C6H12O3Se/c1-9-6(8)5(7)3-4-10-2/h5,7H,3-4H2,1-2H3. The van der Waals surface area contributed by atoms with Crippen LogP contribution in [0.5, 0.6) is 0 Å². The Kier molecular flexibility index (Phi) is 5.68. The van der Waals surface area contributed by atoms with Gasteiger partial charge in [0.15, 0.2) is 0 Å². The SMILES string of the molecule is COC(=O)C(O)CC[Se]C. The number of aliphatic hydroxyl groups is 1. The van der Waals surface area contributed by atoms with Gasteiger partial charge in [0.2, 0.25) is 0 Å². The Balaban J connectivity index is 3.41. The van der Waals surface area contributed by atoms with E-state index in [-0.39, 0.29) is 0 Å². The molecular weight excluding hydrogens is 199 g/mol. The molecule has 0 bridgehead atoms. The number of hydrogen-bond donors (Lipinski definition) is 1. The summed E-state index contributed by atoms with van der Waals surface area (Å²) in [6.45, 7) is 0. The van der Waals surface area contributed by atoms with Gasteiger partial charge in [0.1, 0.15) is 0 Å². The summed E-state index contributed by atoms with van der Waals surface area (Å²) in [5, 5.41) is 9.90. The fourth-order valence-electron chi connectivity index (χ4n) is 0.483. The van der Waals surface area contributed by atoms with Crippen molar-refractivity contribution in [2.24, 2.45) is 0 Å². The van der Waals surface area contributed by atoms with Gasteiger partial charge in [-0.25, -0.2) is 0 Å². The van der Waals surface area contributed by atoms with Crippen molar-refractivity contribution in [2.75, 3.05) is 7.11 Å². The van der Waals surface area contributed by atoms with E-state index in [1.807, 2.05) is 0 Å². The summed E-state index contributed by atoms with van der Waals surface area (Å²) in [6.07, 6.45) is -0.379. The predicted molar refractivity (Wildman–Crippen MR) is 39.1 cm³/mol. The van der Waals surface area contributed by atoms with Crippen LogP contribution in [0, 0.1) is 0 Å². The molecule has 0 saturated carbocycles. The second-order valence-electron chi connectivity index (χ2n) is 1.82. The Morgan fingerprint density at radius 3 is 2.80 bits per heavy atom. The summed E-state index contributed by atoms with van der Waals surface area (Å²) in [6, 6.07) is 0. The summed E-state index contributed by atoms with van der Waals surface area (Å²) < 4.78 is 4.33. The van der Waals surface area contributed by atoms with E-state index in [0.717, 1.165) is 5.32 Å². The molecule has 3 nitrogen and oxygen atoms in total. The van der Waals surface area contributed by atoms with Crippen LogP contribution in [0.2, 0.25) is 11.1 Å². The Bertz CT molecular complexity index is 105. The molecule has 0 aliphatic heterocycles. The van der Waals surface area contributed by atoms with Crippen molar-refractivity contribution >= 4 is 20.9 Å². The molecule has 0 heterocycles. The van der Waals surface area contributed by atoms with E-state index >= 15 is 0 Å². The third-order valence-electron chi connectivity index (χ3n) is 1.07. The van der Waals surface area contributed by atoms with Crippen molar-refractivity contribution in [3.63, 3.8) is 0 Å². The molecule has 0 aliphatic carbocycles. The van der Waals surface area contributed by atoms with Crippen molar-refractivity contribution in [3.05, 3.63) is 0 Å². The maximum absolute atomic E-state index is 10.6. The van der Waals surface area contributed by atoms with Crippen molar-refractivity contribution in [2.45, 2.75) is 23.7 Å². The molecule has 0 amide bonds. The van der Waals surface area contributed by atoms with Gasteiger partial charge in [-0.2, -0.15) is 0 Å². The van der Waals surface area contributed by atoms with Gasteiger partial charge >= 0.3 is 66.3 Å². The molecule has 0 aliphatic rings. The first-order valence-corrected chi connectivity index (χ1v) is 5.89. The molecule has 0 saturated heterocycles. The van der Waals surface area contributed by atoms with Crippen LogP contribution in [-0.2, 0) is 9.53 Å². The van der Waals surface area contributed by atoms with E-state index in [4.69, 9.17) is 5.11 Å². The normalized spacial score (nSPS) is 12.7. The molecule has 0 fully saturated rings. The maximum atomic E-state index is 10.6. The number of rotatable bonds is 4. The Labute approximate surface area is 66.9 Å². The average Bonchev–Trinajstić information content (AvgIpc) is 1.98. The van der Waals surface area contributed by atoms with Gasteiger partial charge in [-0.1, -0.05) is 0 Å². The number of carbonyl (C=O) groups is 1. The number of ether oxygens (including phenoxy) is 1. The molecule has 0 aromatic rings. The van der Waals surface area contributed by atoms with Crippen LogP contribution in [0.15, 0.2) is 0 Å². The summed E-state index contributed by atoms with van der Waals surface area (Å²) in [4.78, 5) is 10.6. The van der Waals surface area contributed by atoms with Crippen molar-refractivity contribution in [3.8, 4) is 0 Å². The summed E-state index contributed by atoms with van der Waals surface area (Å²) >= 11 is 0.523. The molecular formula is C6H12O3Se. The first-order chi connectivity index (χ1) is 4.72. The van der Waals surface area contributed by atoms with E-state index in [9.17, 15) is 4.79 Å². The molecule has 0 aromatic carbocycles. The van der Waals surface area contributed by atoms with Gasteiger partial charge in [0.05, 0.1) is 0 Å². The van der Waals surface area contributed by atoms with Crippen LogP contribution in [0.3, 0.4) is 0 Å². The topological polar surface area (TPSA) is 46.5 Å². The molecule has 1 unspecified atom stereocenters. The number of methoxy groups -OCH3 is 1. The van der Waals surface area contributed by atoms with Gasteiger partial charge < -0.3 is 0 Å². The van der Waals surface area contributed by atoms with E-state index in [1.54, 1.807) is 0 Å². The quantitative estimate of drug-likeness (QED) is 0.529. The third-order valence-corrected chi connectivity index (χ3v) is 2.42. The summed E-state index contributed by atoms with van der Waals surface area (Å²) in [5.41, 5.74) is 0. The summed E-state index contributed by atoms with van der Waals surface area (Å²) in [5.74, 6) is 1.54. The van der Waals surface area contributed by atoms with Crippen molar-refractivity contribution in [1.29, 1.82) is 0 Å². The monoisotopic (exact) mass is 212 g/mol. The van der Waals surface area contributed by atoms with Gasteiger partial charge in [0.25, 0.3) is 0 Å². The van der Waals surface area contributed by atoms with Gasteiger partial charge in [-0.15, -0.1) is 0 Å². The van der Waals surface area contributed by atoms with Gasteiger partial charge in [-0.05, 0) is 0 Å². The van der Waals surface area contributed by atoms with Gasteiger partial charge in [0, 0.05) is 0 Å². The molecule has 10 heavy (non-hydrogen) atoms. The molecule has 1 atom stereocenters. The van der Waals surface area contributed by atoms with Crippen LogP contribution in [-0.4, -0.2) is 39.2 Å². The molecule has 0 aromatic heterocycles. The Hall–Kier alpha value is -0.0505. The molecule has 1 N–H and O–H groups in total.